The van der Waals surface area contributed by atoms with Gasteiger partial charge in [-0.1, -0.05) is 30.5 Å². The Labute approximate surface area is 216 Å². The number of rotatable bonds is 8. The molecule has 36 heavy (non-hydrogen) atoms. The summed E-state index contributed by atoms with van der Waals surface area (Å²) < 4.78 is 7.39. The van der Waals surface area contributed by atoms with Crippen LogP contribution in [0.2, 0.25) is 5.02 Å². The van der Waals surface area contributed by atoms with Crippen molar-refractivity contribution in [1.29, 1.82) is 0 Å². The molecule has 0 radical (unpaired) electrons. The van der Waals surface area contributed by atoms with Crippen LogP contribution in [0.5, 0.6) is 0 Å². The molecule has 2 aromatic heterocycles. The Hall–Kier alpha value is -2.84. The molecule has 2 aliphatic carbocycles. The van der Waals surface area contributed by atoms with Gasteiger partial charge in [0.25, 0.3) is 5.91 Å². The van der Waals surface area contributed by atoms with E-state index < -0.39 is 0 Å². The van der Waals surface area contributed by atoms with E-state index in [9.17, 15) is 4.79 Å². The third-order valence-corrected chi connectivity index (χ3v) is 7.84. The van der Waals surface area contributed by atoms with Crippen LogP contribution in [0.25, 0.3) is 16.8 Å². The van der Waals surface area contributed by atoms with Crippen LogP contribution in [0.3, 0.4) is 0 Å². The SMILES string of the molecule is O=C(NC1CC1)c1ccc(-c2cnn3c(NCC4CCOCC4)cc(NC4CCCC4)nc23)cc1Cl. The second-order valence-corrected chi connectivity index (χ2v) is 10.7. The molecular formula is C27H33ClN6O2. The van der Waals surface area contributed by atoms with Gasteiger partial charge in [0.2, 0.25) is 0 Å². The van der Waals surface area contributed by atoms with Crippen LogP contribution in [0.1, 0.15) is 61.7 Å². The van der Waals surface area contributed by atoms with Crippen molar-refractivity contribution in [2.75, 3.05) is 30.4 Å². The fourth-order valence-corrected chi connectivity index (χ4v) is 5.47. The Morgan fingerprint density at radius 2 is 1.86 bits per heavy atom. The van der Waals surface area contributed by atoms with Crippen LogP contribution < -0.4 is 16.0 Å². The van der Waals surface area contributed by atoms with Gasteiger partial charge in [-0.2, -0.15) is 9.61 Å². The topological polar surface area (TPSA) is 92.6 Å². The van der Waals surface area contributed by atoms with E-state index in [1.165, 1.54) is 25.7 Å². The summed E-state index contributed by atoms with van der Waals surface area (Å²) in [5, 5.41) is 15.4. The number of ether oxygens (including phenoxy) is 1. The van der Waals surface area contributed by atoms with Crippen LogP contribution in [0.4, 0.5) is 11.6 Å². The lowest BCUT2D eigenvalue weighted by Gasteiger charge is -2.23. The van der Waals surface area contributed by atoms with Gasteiger partial charge in [0.15, 0.2) is 5.65 Å². The van der Waals surface area contributed by atoms with Gasteiger partial charge in [-0.15, -0.1) is 0 Å². The molecule has 1 saturated heterocycles. The maximum absolute atomic E-state index is 12.5. The van der Waals surface area contributed by atoms with E-state index in [2.05, 4.69) is 27.1 Å². The summed E-state index contributed by atoms with van der Waals surface area (Å²) in [4.78, 5) is 17.5. The molecule has 3 N–H and O–H groups in total. The Balaban J connectivity index is 1.31. The van der Waals surface area contributed by atoms with Crippen molar-refractivity contribution in [3.05, 3.63) is 41.0 Å². The Kier molecular flexibility index (Phi) is 6.71. The average molecular weight is 509 g/mol. The van der Waals surface area contributed by atoms with Gasteiger partial charge >= 0.3 is 0 Å². The minimum absolute atomic E-state index is 0.116. The number of nitrogens with one attached hydrogen (secondary N) is 3. The number of halogens is 1. The molecule has 0 unspecified atom stereocenters. The van der Waals surface area contributed by atoms with E-state index in [1.54, 1.807) is 6.07 Å². The predicted octanol–water partition coefficient (Wildman–Crippen LogP) is 5.13. The summed E-state index contributed by atoms with van der Waals surface area (Å²) >= 11 is 6.56. The van der Waals surface area contributed by atoms with E-state index in [0.29, 0.717) is 22.5 Å². The number of nitrogens with zero attached hydrogens (tertiary/aromatic N) is 3. The smallest absolute Gasteiger partial charge is 0.253 e. The average Bonchev–Trinajstić information content (AvgIpc) is 3.36. The molecule has 1 aromatic carbocycles. The van der Waals surface area contributed by atoms with Crippen LogP contribution in [0, 0.1) is 5.92 Å². The lowest BCUT2D eigenvalue weighted by molar-refractivity contribution is 0.0699. The number of fused-ring (bicyclic) bond motifs is 1. The van der Waals surface area contributed by atoms with Gasteiger partial charge < -0.3 is 20.7 Å². The molecule has 190 valence electrons. The van der Waals surface area contributed by atoms with Crippen molar-refractivity contribution in [2.24, 2.45) is 5.92 Å². The summed E-state index contributed by atoms with van der Waals surface area (Å²) in [7, 11) is 0. The quantitative estimate of drug-likeness (QED) is 0.390. The minimum atomic E-state index is -0.116. The van der Waals surface area contributed by atoms with Crippen molar-refractivity contribution in [3.63, 3.8) is 0 Å². The van der Waals surface area contributed by atoms with Crippen molar-refractivity contribution in [1.82, 2.24) is 19.9 Å². The monoisotopic (exact) mass is 508 g/mol. The number of aromatic nitrogens is 3. The molecule has 0 bridgehead atoms. The number of benzene rings is 1. The highest BCUT2D eigenvalue weighted by Gasteiger charge is 2.25. The van der Waals surface area contributed by atoms with E-state index in [-0.39, 0.29) is 11.9 Å². The van der Waals surface area contributed by atoms with Gasteiger partial charge in [0.1, 0.15) is 11.6 Å². The molecule has 3 fully saturated rings. The number of carbonyl (C=O) groups is 1. The van der Waals surface area contributed by atoms with Crippen LogP contribution >= 0.6 is 11.6 Å². The minimum Gasteiger partial charge on any atom is -0.381 e. The molecule has 1 amide bonds. The van der Waals surface area contributed by atoms with E-state index in [4.69, 9.17) is 21.3 Å². The molecule has 6 rings (SSSR count). The first-order valence-electron chi connectivity index (χ1n) is 13.2. The number of amides is 1. The molecule has 9 heteroatoms. The van der Waals surface area contributed by atoms with Gasteiger partial charge in [-0.05, 0) is 62.1 Å². The molecule has 1 aliphatic heterocycles. The van der Waals surface area contributed by atoms with Crippen molar-refractivity contribution >= 4 is 34.8 Å². The molecule has 3 aromatic rings. The summed E-state index contributed by atoms with van der Waals surface area (Å²) in [6, 6.07) is 8.37. The molecular weight excluding hydrogens is 476 g/mol. The lowest BCUT2D eigenvalue weighted by atomic mass is 10.0. The first-order valence-corrected chi connectivity index (χ1v) is 13.6. The highest BCUT2D eigenvalue weighted by molar-refractivity contribution is 6.34. The number of hydrogen-bond acceptors (Lipinski definition) is 6. The maximum Gasteiger partial charge on any atom is 0.253 e. The fourth-order valence-electron chi connectivity index (χ4n) is 5.20. The van der Waals surface area contributed by atoms with E-state index in [0.717, 1.165) is 73.9 Å². The third-order valence-electron chi connectivity index (χ3n) is 7.53. The van der Waals surface area contributed by atoms with Gasteiger partial charge in [0, 0.05) is 43.5 Å². The third kappa shape index (κ3) is 5.15. The van der Waals surface area contributed by atoms with Crippen LogP contribution in [-0.4, -0.2) is 52.3 Å². The zero-order chi connectivity index (χ0) is 24.5. The number of carbonyl (C=O) groups excluding carboxylic acids is 1. The van der Waals surface area contributed by atoms with Crippen molar-refractivity contribution in [3.8, 4) is 11.1 Å². The molecule has 8 nitrogen and oxygen atoms in total. The lowest BCUT2D eigenvalue weighted by Crippen LogP contribution is -2.25. The first kappa shape index (κ1) is 23.6. The standard InChI is InChI=1S/C27H33ClN6O2/c28-23-13-18(5-8-21(23)27(35)32-20-6-7-20)22-16-30-34-25(29-15-17-9-11-36-12-10-17)14-24(33-26(22)34)31-19-3-1-2-4-19/h5,8,13-14,16-17,19-20,29H,1-4,6-7,9-12,15H2,(H,31,33)(H,32,35). The molecule has 3 aliphatic rings. The zero-order valence-corrected chi connectivity index (χ0v) is 21.2. The highest BCUT2D eigenvalue weighted by atomic mass is 35.5. The van der Waals surface area contributed by atoms with Gasteiger partial charge in [0.05, 0.1) is 16.8 Å². The fraction of sp³-hybridized carbons (Fsp3) is 0.519. The molecule has 2 saturated carbocycles. The Morgan fingerprint density at radius 3 is 2.61 bits per heavy atom. The molecule has 0 atom stereocenters. The second-order valence-electron chi connectivity index (χ2n) is 10.3. The zero-order valence-electron chi connectivity index (χ0n) is 20.4. The first-order chi connectivity index (χ1) is 17.6. The summed E-state index contributed by atoms with van der Waals surface area (Å²) in [5.41, 5.74) is 3.03. The van der Waals surface area contributed by atoms with E-state index in [1.807, 2.05) is 22.8 Å². The van der Waals surface area contributed by atoms with Gasteiger partial charge in [-0.3, -0.25) is 4.79 Å². The molecule has 0 spiro atoms. The Bertz CT molecular complexity index is 1240. The maximum atomic E-state index is 12.5. The summed E-state index contributed by atoms with van der Waals surface area (Å²) in [6.45, 7) is 2.53. The summed E-state index contributed by atoms with van der Waals surface area (Å²) in [5.74, 6) is 2.24. The number of anilines is 2. The highest BCUT2D eigenvalue weighted by Crippen LogP contribution is 2.32. The molecule has 3 heterocycles. The number of hydrogen-bond donors (Lipinski definition) is 3. The second kappa shape index (κ2) is 10.3. The normalized spacial score (nSPS) is 19.0. The van der Waals surface area contributed by atoms with Crippen molar-refractivity contribution < 1.29 is 9.53 Å². The largest absolute Gasteiger partial charge is 0.381 e. The van der Waals surface area contributed by atoms with Crippen LogP contribution in [0.15, 0.2) is 30.5 Å². The predicted molar refractivity (Wildman–Crippen MR) is 142 cm³/mol. The van der Waals surface area contributed by atoms with Crippen LogP contribution in [-0.2, 0) is 4.74 Å². The van der Waals surface area contributed by atoms with E-state index >= 15 is 0 Å². The van der Waals surface area contributed by atoms with Crippen molar-refractivity contribution in [2.45, 2.75) is 63.5 Å². The Morgan fingerprint density at radius 1 is 1.06 bits per heavy atom. The van der Waals surface area contributed by atoms with Gasteiger partial charge in [-0.25, -0.2) is 4.98 Å². The summed E-state index contributed by atoms with van der Waals surface area (Å²) in [6.07, 6.45) is 10.9.